The van der Waals surface area contributed by atoms with Gasteiger partial charge in [-0.05, 0) is 89.3 Å². The molecule has 8 heteroatoms. The molecule has 1 atom stereocenters. The number of para-hydroxylation sites is 1. The van der Waals surface area contributed by atoms with Crippen LogP contribution < -0.4 is 4.74 Å². The van der Waals surface area contributed by atoms with Crippen molar-refractivity contribution in [2.45, 2.75) is 47.1 Å². The minimum atomic E-state index is -0.412. The smallest absolute Gasteiger partial charge is 0.313 e. The summed E-state index contributed by atoms with van der Waals surface area (Å²) in [6.07, 6.45) is -0.327. The maximum atomic E-state index is 13.8. The van der Waals surface area contributed by atoms with Crippen LogP contribution in [0, 0.1) is 13.1 Å². The molecule has 36 heavy (non-hydrogen) atoms. The van der Waals surface area contributed by atoms with Crippen LogP contribution in [0.5, 0.6) is 5.75 Å². The molecule has 1 heterocycles. The van der Waals surface area contributed by atoms with Crippen molar-refractivity contribution < 1.29 is 23.5 Å². The summed E-state index contributed by atoms with van der Waals surface area (Å²) in [6, 6.07) is 11.0. The number of carbonyl (C=O) groups is 2. The highest BCUT2D eigenvalue weighted by atomic mass is 127. The molecule has 0 aliphatic carbocycles. The van der Waals surface area contributed by atoms with E-state index in [9.17, 15) is 9.59 Å². The van der Waals surface area contributed by atoms with Crippen LogP contribution in [0.25, 0.3) is 11.0 Å². The summed E-state index contributed by atoms with van der Waals surface area (Å²) in [6.45, 7) is 13.5. The molecule has 0 fully saturated rings. The Bertz CT molecular complexity index is 1190. The SMILES string of the molecule is CCN(CC)CCOc1c(I)cc(C(=O)c2c(CC(=O)O[C@H](C)C(C)C)oc3ccccc23)cc1I. The molecule has 3 aromatic rings. The Balaban J connectivity index is 1.89. The van der Waals surface area contributed by atoms with Crippen molar-refractivity contribution in [3.8, 4) is 5.75 Å². The normalized spacial score (nSPS) is 12.4. The average molecular weight is 717 g/mol. The first-order valence-electron chi connectivity index (χ1n) is 12.2. The van der Waals surface area contributed by atoms with E-state index in [4.69, 9.17) is 13.9 Å². The molecule has 0 saturated heterocycles. The summed E-state index contributed by atoms with van der Waals surface area (Å²) in [5.74, 6) is 0.702. The van der Waals surface area contributed by atoms with Crippen molar-refractivity contribution in [2.75, 3.05) is 26.2 Å². The summed E-state index contributed by atoms with van der Waals surface area (Å²) < 4.78 is 19.3. The van der Waals surface area contributed by atoms with E-state index in [-0.39, 0.29) is 24.2 Å². The van der Waals surface area contributed by atoms with Gasteiger partial charge in [-0.1, -0.05) is 45.9 Å². The van der Waals surface area contributed by atoms with Gasteiger partial charge in [0.1, 0.15) is 36.2 Å². The van der Waals surface area contributed by atoms with Gasteiger partial charge in [0.15, 0.2) is 5.78 Å². The van der Waals surface area contributed by atoms with Crippen LogP contribution in [0.2, 0.25) is 0 Å². The predicted molar refractivity (Wildman–Crippen MR) is 159 cm³/mol. The lowest BCUT2D eigenvalue weighted by Gasteiger charge is -2.19. The minimum Gasteiger partial charge on any atom is -0.490 e. The Morgan fingerprint density at radius 3 is 2.28 bits per heavy atom. The molecule has 0 spiro atoms. The fourth-order valence-electron chi connectivity index (χ4n) is 3.78. The van der Waals surface area contributed by atoms with Gasteiger partial charge in [0, 0.05) is 17.5 Å². The van der Waals surface area contributed by atoms with E-state index in [2.05, 4.69) is 63.9 Å². The Kier molecular flexibility index (Phi) is 10.6. The van der Waals surface area contributed by atoms with Crippen LogP contribution in [-0.4, -0.2) is 49.0 Å². The topological polar surface area (TPSA) is 69.0 Å². The molecule has 3 rings (SSSR count). The lowest BCUT2D eigenvalue weighted by atomic mass is 9.99. The van der Waals surface area contributed by atoms with Crippen molar-refractivity contribution in [3.63, 3.8) is 0 Å². The summed E-state index contributed by atoms with van der Waals surface area (Å²) in [4.78, 5) is 28.7. The zero-order valence-corrected chi connectivity index (χ0v) is 25.7. The largest absolute Gasteiger partial charge is 0.490 e. The third-order valence-electron chi connectivity index (χ3n) is 6.27. The Morgan fingerprint density at radius 1 is 1.03 bits per heavy atom. The number of carbonyl (C=O) groups excluding carboxylic acids is 2. The van der Waals surface area contributed by atoms with Crippen molar-refractivity contribution in [1.29, 1.82) is 0 Å². The second-order valence-corrected chi connectivity index (χ2v) is 11.3. The molecular formula is C28H33I2NO5. The quantitative estimate of drug-likeness (QED) is 0.118. The standard InChI is InChI=1S/C28H33I2NO5/c1-6-31(7-2)12-13-34-28-21(29)14-19(15-22(28)30)27(33)26-20-10-8-9-11-23(20)36-24(26)16-25(32)35-18(5)17(3)4/h8-11,14-15,17-18H,6-7,12-13,16H2,1-5H3/t18-/m1/s1. The van der Waals surface area contributed by atoms with Gasteiger partial charge >= 0.3 is 5.97 Å². The molecule has 0 amide bonds. The molecular weight excluding hydrogens is 684 g/mol. The molecule has 0 radical (unpaired) electrons. The van der Waals surface area contributed by atoms with E-state index in [1.54, 1.807) is 6.07 Å². The number of benzene rings is 2. The summed E-state index contributed by atoms with van der Waals surface area (Å²) in [5, 5.41) is 0.687. The number of likely N-dealkylation sites (N-methyl/N-ethyl adjacent to an activating group) is 1. The van der Waals surface area contributed by atoms with E-state index in [0.29, 0.717) is 34.5 Å². The maximum Gasteiger partial charge on any atom is 0.313 e. The number of rotatable bonds is 12. The summed E-state index contributed by atoms with van der Waals surface area (Å²) >= 11 is 4.42. The molecule has 0 N–H and O–H groups in total. The molecule has 2 aromatic carbocycles. The van der Waals surface area contributed by atoms with Crippen molar-refractivity contribution in [2.24, 2.45) is 5.92 Å². The fourth-order valence-corrected chi connectivity index (χ4v) is 5.86. The van der Waals surface area contributed by atoms with Crippen LogP contribution in [0.3, 0.4) is 0 Å². The van der Waals surface area contributed by atoms with E-state index in [1.807, 2.05) is 51.1 Å². The highest BCUT2D eigenvalue weighted by Gasteiger charge is 2.26. The number of ether oxygens (including phenoxy) is 2. The molecule has 194 valence electrons. The third-order valence-corrected chi connectivity index (χ3v) is 7.87. The number of hydrogen-bond acceptors (Lipinski definition) is 6. The van der Waals surface area contributed by atoms with Crippen LogP contribution in [0.15, 0.2) is 40.8 Å². The zero-order valence-electron chi connectivity index (χ0n) is 21.4. The van der Waals surface area contributed by atoms with Crippen LogP contribution in [0.4, 0.5) is 0 Å². The van der Waals surface area contributed by atoms with Gasteiger partial charge in [-0.25, -0.2) is 0 Å². The predicted octanol–water partition coefficient (Wildman–Crippen LogP) is 6.72. The minimum absolute atomic E-state index is 0.104. The number of hydrogen-bond donors (Lipinski definition) is 0. The number of ketones is 1. The van der Waals surface area contributed by atoms with Crippen LogP contribution in [0.1, 0.15) is 56.3 Å². The molecule has 0 aliphatic rings. The number of fused-ring (bicyclic) bond motifs is 1. The van der Waals surface area contributed by atoms with Crippen molar-refractivity contribution >= 4 is 67.9 Å². The first-order valence-corrected chi connectivity index (χ1v) is 14.4. The van der Waals surface area contributed by atoms with E-state index in [1.165, 1.54) is 0 Å². The lowest BCUT2D eigenvalue weighted by Crippen LogP contribution is -2.28. The molecule has 6 nitrogen and oxygen atoms in total. The highest BCUT2D eigenvalue weighted by Crippen LogP contribution is 2.33. The van der Waals surface area contributed by atoms with Crippen LogP contribution >= 0.6 is 45.2 Å². The Morgan fingerprint density at radius 2 is 1.67 bits per heavy atom. The monoisotopic (exact) mass is 717 g/mol. The van der Waals surface area contributed by atoms with E-state index >= 15 is 0 Å². The number of nitrogens with zero attached hydrogens (tertiary/aromatic N) is 1. The zero-order chi connectivity index (χ0) is 26.4. The first-order chi connectivity index (χ1) is 17.2. The average Bonchev–Trinajstić information content (AvgIpc) is 3.20. The van der Waals surface area contributed by atoms with Gasteiger partial charge in [-0.15, -0.1) is 0 Å². The molecule has 0 aliphatic heterocycles. The second-order valence-electron chi connectivity index (χ2n) is 8.99. The second kappa shape index (κ2) is 13.2. The number of halogens is 2. The number of esters is 1. The van der Waals surface area contributed by atoms with Gasteiger partial charge in [0.25, 0.3) is 0 Å². The van der Waals surface area contributed by atoms with E-state index in [0.717, 1.165) is 32.5 Å². The van der Waals surface area contributed by atoms with Crippen molar-refractivity contribution in [3.05, 3.63) is 60.4 Å². The molecule has 1 aromatic heterocycles. The van der Waals surface area contributed by atoms with Gasteiger partial charge < -0.3 is 18.8 Å². The fraction of sp³-hybridized carbons (Fsp3) is 0.429. The third kappa shape index (κ3) is 7.00. The van der Waals surface area contributed by atoms with Crippen LogP contribution in [-0.2, 0) is 16.0 Å². The van der Waals surface area contributed by atoms with Gasteiger partial charge in [-0.2, -0.15) is 0 Å². The first kappa shape index (κ1) is 28.9. The molecule has 0 bridgehead atoms. The lowest BCUT2D eigenvalue weighted by molar-refractivity contribution is -0.149. The summed E-state index contributed by atoms with van der Waals surface area (Å²) in [7, 11) is 0. The number of furan rings is 1. The Hall–Kier alpha value is -1.66. The van der Waals surface area contributed by atoms with Gasteiger partial charge in [-0.3, -0.25) is 9.59 Å². The molecule has 0 unspecified atom stereocenters. The summed E-state index contributed by atoms with van der Waals surface area (Å²) in [5.41, 5.74) is 1.50. The maximum absolute atomic E-state index is 13.8. The van der Waals surface area contributed by atoms with E-state index < -0.39 is 5.97 Å². The van der Waals surface area contributed by atoms with Gasteiger partial charge in [0.2, 0.25) is 0 Å². The Labute approximate surface area is 240 Å². The van der Waals surface area contributed by atoms with Gasteiger partial charge in [0.05, 0.1) is 12.7 Å². The highest BCUT2D eigenvalue weighted by molar-refractivity contribution is 14.1. The molecule has 0 saturated carbocycles. The van der Waals surface area contributed by atoms with Crippen molar-refractivity contribution in [1.82, 2.24) is 4.90 Å².